The minimum Gasteiger partial charge on any atom is -0.506 e. The fourth-order valence-corrected chi connectivity index (χ4v) is 5.52. The number of halogens is 4. The summed E-state index contributed by atoms with van der Waals surface area (Å²) in [4.78, 5) is 0. The maximum atomic E-state index is 13.0. The minimum absolute atomic E-state index is 0.0137. The van der Waals surface area contributed by atoms with Gasteiger partial charge in [0.2, 0.25) is 0 Å². The zero-order valence-electron chi connectivity index (χ0n) is 14.3. The van der Waals surface area contributed by atoms with Gasteiger partial charge < -0.3 is 10.2 Å². The fraction of sp³-hybridized carbons (Fsp3) is 0.0526. The van der Waals surface area contributed by atoms with Crippen molar-refractivity contribution in [1.29, 1.82) is 0 Å². The first-order valence-corrected chi connectivity index (χ1v) is 10.9. The molecule has 0 spiro atoms. The van der Waals surface area contributed by atoms with Gasteiger partial charge >= 0.3 is 0 Å². The molecule has 0 fully saturated rings. The van der Waals surface area contributed by atoms with Crippen molar-refractivity contribution in [2.24, 2.45) is 0 Å². The Kier molecular flexibility index (Phi) is 5.98. The summed E-state index contributed by atoms with van der Waals surface area (Å²) in [5.41, 5.74) is -0.601. The molecule has 0 aromatic heterocycles. The van der Waals surface area contributed by atoms with Crippen molar-refractivity contribution in [1.82, 2.24) is 0 Å². The molecule has 29 heavy (non-hydrogen) atoms. The van der Waals surface area contributed by atoms with Crippen LogP contribution < -0.4 is 0 Å². The average molecular weight is 494 g/mol. The molecule has 0 amide bonds. The molecule has 3 N–H and O–H groups in total. The third kappa shape index (κ3) is 3.44. The Balaban J connectivity index is 2.66. The SMILES string of the molecule is O=S(=O)(O)C(c1ccccc1)(c1cccc(Cl)c1)c1c(O)c(Cl)c(Cl)c(O)c1Cl. The van der Waals surface area contributed by atoms with E-state index in [4.69, 9.17) is 46.4 Å². The van der Waals surface area contributed by atoms with E-state index in [1.165, 1.54) is 48.5 Å². The molecule has 0 saturated carbocycles. The Morgan fingerprint density at radius 2 is 1.28 bits per heavy atom. The first kappa shape index (κ1) is 22.0. The lowest BCUT2D eigenvalue weighted by Gasteiger charge is -2.34. The summed E-state index contributed by atoms with van der Waals surface area (Å²) >= 11 is 24.2. The summed E-state index contributed by atoms with van der Waals surface area (Å²) in [6.45, 7) is 0. The highest BCUT2D eigenvalue weighted by Gasteiger charge is 2.52. The largest absolute Gasteiger partial charge is 0.506 e. The molecule has 0 radical (unpaired) electrons. The van der Waals surface area contributed by atoms with Crippen LogP contribution in [0.2, 0.25) is 20.1 Å². The molecule has 3 aromatic carbocycles. The summed E-state index contributed by atoms with van der Waals surface area (Å²) in [5, 5.41) is 19.6. The number of aromatic hydroxyl groups is 2. The van der Waals surface area contributed by atoms with Gasteiger partial charge in [0.05, 0.1) is 10.6 Å². The second kappa shape index (κ2) is 7.87. The van der Waals surface area contributed by atoms with Gasteiger partial charge in [-0.05, 0) is 23.3 Å². The van der Waals surface area contributed by atoms with E-state index in [2.05, 4.69) is 0 Å². The normalized spacial score (nSPS) is 13.8. The smallest absolute Gasteiger partial charge is 0.283 e. The Labute approximate surface area is 186 Å². The van der Waals surface area contributed by atoms with Crippen molar-refractivity contribution in [3.05, 3.63) is 91.4 Å². The molecule has 10 heteroatoms. The van der Waals surface area contributed by atoms with Crippen LogP contribution in [0.25, 0.3) is 0 Å². The Morgan fingerprint density at radius 1 is 0.724 bits per heavy atom. The molecule has 3 aromatic rings. The number of phenols is 2. The molecule has 3 rings (SSSR count). The number of hydrogen-bond acceptors (Lipinski definition) is 4. The summed E-state index contributed by atoms with van der Waals surface area (Å²) in [6.07, 6.45) is 0. The molecule has 152 valence electrons. The standard InChI is InChI=1S/C19H12Cl4O5S/c20-12-8-4-7-11(9-12)19(29(26,27)28,10-5-2-1-3-6-10)13-14(21)18(25)16(23)15(22)17(13)24/h1-9,24-25H,(H,26,27,28). The van der Waals surface area contributed by atoms with Crippen LogP contribution in [0.5, 0.6) is 11.5 Å². The Bertz CT molecular complexity index is 1170. The molecule has 5 nitrogen and oxygen atoms in total. The van der Waals surface area contributed by atoms with Crippen molar-refractivity contribution in [2.75, 3.05) is 0 Å². The zero-order chi connectivity index (χ0) is 21.6. The van der Waals surface area contributed by atoms with E-state index in [0.29, 0.717) is 0 Å². The predicted molar refractivity (Wildman–Crippen MR) is 114 cm³/mol. The maximum absolute atomic E-state index is 13.0. The molecule has 1 atom stereocenters. The fourth-order valence-electron chi connectivity index (χ4n) is 3.22. The van der Waals surface area contributed by atoms with E-state index in [1.807, 2.05) is 0 Å². The number of rotatable bonds is 4. The molecular weight excluding hydrogens is 482 g/mol. The van der Waals surface area contributed by atoms with E-state index in [-0.39, 0.29) is 16.1 Å². The lowest BCUT2D eigenvalue weighted by atomic mass is 9.83. The first-order chi connectivity index (χ1) is 13.5. The second-order valence-corrected chi connectivity index (χ2v) is 9.18. The van der Waals surface area contributed by atoms with E-state index in [9.17, 15) is 23.2 Å². The number of phenolic OH excluding ortho intramolecular Hbond substituents is 2. The van der Waals surface area contributed by atoms with Crippen LogP contribution >= 0.6 is 46.4 Å². The lowest BCUT2D eigenvalue weighted by Crippen LogP contribution is -2.38. The monoisotopic (exact) mass is 492 g/mol. The van der Waals surface area contributed by atoms with Crippen LogP contribution in [0.3, 0.4) is 0 Å². The number of benzene rings is 3. The van der Waals surface area contributed by atoms with Crippen LogP contribution in [0.4, 0.5) is 0 Å². The molecule has 0 bridgehead atoms. The van der Waals surface area contributed by atoms with E-state index in [1.54, 1.807) is 6.07 Å². The van der Waals surface area contributed by atoms with Gasteiger partial charge in [-0.3, -0.25) is 4.55 Å². The van der Waals surface area contributed by atoms with Gasteiger partial charge in [0, 0.05) is 5.02 Å². The number of hydrogen-bond donors (Lipinski definition) is 3. The van der Waals surface area contributed by atoms with Gasteiger partial charge in [-0.25, -0.2) is 0 Å². The van der Waals surface area contributed by atoms with E-state index < -0.39 is 47.0 Å². The molecule has 1 unspecified atom stereocenters. The highest BCUT2D eigenvalue weighted by atomic mass is 35.5. The molecule has 0 aliphatic heterocycles. The highest BCUT2D eigenvalue weighted by Crippen LogP contribution is 2.56. The summed E-state index contributed by atoms with van der Waals surface area (Å²) in [7, 11) is -5.11. The van der Waals surface area contributed by atoms with E-state index in [0.717, 1.165) is 0 Å². The van der Waals surface area contributed by atoms with Crippen molar-refractivity contribution >= 4 is 56.5 Å². The molecular formula is C19H12Cl4O5S. The van der Waals surface area contributed by atoms with Crippen molar-refractivity contribution in [2.45, 2.75) is 4.75 Å². The molecule has 0 saturated heterocycles. The van der Waals surface area contributed by atoms with Crippen molar-refractivity contribution in [3.8, 4) is 11.5 Å². The third-order valence-corrected chi connectivity index (χ3v) is 7.31. The summed E-state index contributed by atoms with van der Waals surface area (Å²) in [5.74, 6) is -1.57. The van der Waals surface area contributed by atoms with Crippen molar-refractivity contribution < 1.29 is 23.2 Å². The molecule has 0 aliphatic rings. The molecule has 0 aliphatic carbocycles. The van der Waals surface area contributed by atoms with Gasteiger partial charge in [-0.1, -0.05) is 88.9 Å². The van der Waals surface area contributed by atoms with Crippen LogP contribution in [0.15, 0.2) is 54.6 Å². The minimum atomic E-state index is -5.11. The maximum Gasteiger partial charge on any atom is 0.283 e. The zero-order valence-corrected chi connectivity index (χ0v) is 18.1. The van der Waals surface area contributed by atoms with Gasteiger partial charge in [0.25, 0.3) is 10.1 Å². The second-order valence-electron chi connectivity index (χ2n) is 6.05. The third-order valence-electron chi connectivity index (χ3n) is 4.42. The topological polar surface area (TPSA) is 94.8 Å². The highest BCUT2D eigenvalue weighted by molar-refractivity contribution is 7.87. The van der Waals surface area contributed by atoms with Crippen LogP contribution in [0, 0.1) is 0 Å². The van der Waals surface area contributed by atoms with Crippen LogP contribution in [-0.4, -0.2) is 23.2 Å². The van der Waals surface area contributed by atoms with Gasteiger partial charge in [-0.15, -0.1) is 0 Å². The Morgan fingerprint density at radius 3 is 1.83 bits per heavy atom. The quantitative estimate of drug-likeness (QED) is 0.182. The first-order valence-electron chi connectivity index (χ1n) is 7.91. The van der Waals surface area contributed by atoms with Gasteiger partial charge in [-0.2, -0.15) is 8.42 Å². The van der Waals surface area contributed by atoms with E-state index >= 15 is 0 Å². The van der Waals surface area contributed by atoms with Gasteiger partial charge in [0.1, 0.15) is 15.8 Å². The van der Waals surface area contributed by atoms with Crippen LogP contribution in [-0.2, 0) is 14.9 Å². The lowest BCUT2D eigenvalue weighted by molar-refractivity contribution is 0.435. The van der Waals surface area contributed by atoms with Gasteiger partial charge in [0.15, 0.2) is 10.5 Å². The molecule has 0 heterocycles. The predicted octanol–water partition coefficient (Wildman–Crippen LogP) is 5.89. The summed E-state index contributed by atoms with van der Waals surface area (Å²) < 4.78 is 33.9. The summed E-state index contributed by atoms with van der Waals surface area (Å²) in [6, 6.07) is 13.1. The van der Waals surface area contributed by atoms with Crippen LogP contribution in [0.1, 0.15) is 16.7 Å². The average Bonchev–Trinajstić information content (AvgIpc) is 2.68. The van der Waals surface area contributed by atoms with Crippen molar-refractivity contribution in [3.63, 3.8) is 0 Å². The Hall–Kier alpha value is -1.67.